The second kappa shape index (κ2) is 12.7. The molecule has 4 heteroatoms. The van der Waals surface area contributed by atoms with Gasteiger partial charge in [-0.15, -0.1) is 0 Å². The SMILES string of the molecule is CC(=O)NC(C)C1OC(=O)C=CC=C(C)C=CC2(C)CCC=CC2C=C(C)C=CC(C)CC1C. The Bertz CT molecular complexity index is 904. The van der Waals surface area contributed by atoms with Gasteiger partial charge in [0.25, 0.3) is 0 Å². The Balaban J connectivity index is 2.40. The van der Waals surface area contributed by atoms with Crippen LogP contribution in [0.25, 0.3) is 0 Å². The number of rotatable bonds is 2. The van der Waals surface area contributed by atoms with Crippen LogP contribution in [-0.4, -0.2) is 24.0 Å². The first-order chi connectivity index (χ1) is 16.0. The maximum atomic E-state index is 12.6. The molecule has 6 unspecified atom stereocenters. The molecule has 2 rings (SSSR count). The number of esters is 1. The molecule has 1 heterocycles. The van der Waals surface area contributed by atoms with Gasteiger partial charge in [-0.2, -0.15) is 0 Å². The van der Waals surface area contributed by atoms with E-state index in [4.69, 9.17) is 4.74 Å². The molecule has 2 aliphatic rings. The highest BCUT2D eigenvalue weighted by molar-refractivity contribution is 5.82. The highest BCUT2D eigenvalue weighted by atomic mass is 16.5. The third kappa shape index (κ3) is 8.62. The molecule has 1 amide bonds. The van der Waals surface area contributed by atoms with E-state index < -0.39 is 12.1 Å². The maximum Gasteiger partial charge on any atom is 0.331 e. The van der Waals surface area contributed by atoms with Crippen LogP contribution < -0.4 is 5.32 Å². The number of carbonyl (C=O) groups excluding carboxylic acids is 2. The highest BCUT2D eigenvalue weighted by Gasteiger charge is 2.30. The zero-order valence-corrected chi connectivity index (χ0v) is 22.0. The van der Waals surface area contributed by atoms with Gasteiger partial charge in [-0.3, -0.25) is 4.79 Å². The Labute approximate surface area is 206 Å². The quantitative estimate of drug-likeness (QED) is 0.368. The third-order valence-corrected chi connectivity index (χ3v) is 6.88. The van der Waals surface area contributed by atoms with Crippen molar-refractivity contribution >= 4 is 11.9 Å². The van der Waals surface area contributed by atoms with Crippen molar-refractivity contribution in [1.82, 2.24) is 5.32 Å². The van der Waals surface area contributed by atoms with Crippen molar-refractivity contribution in [3.05, 3.63) is 71.9 Å². The van der Waals surface area contributed by atoms with Crippen LogP contribution in [0.1, 0.15) is 67.7 Å². The van der Waals surface area contributed by atoms with E-state index in [1.165, 1.54) is 18.6 Å². The summed E-state index contributed by atoms with van der Waals surface area (Å²) in [6, 6.07) is -0.274. The van der Waals surface area contributed by atoms with E-state index in [1.807, 2.05) is 19.9 Å². The van der Waals surface area contributed by atoms with Gasteiger partial charge in [0.05, 0.1) is 6.04 Å². The van der Waals surface area contributed by atoms with E-state index in [2.05, 4.69) is 75.5 Å². The molecule has 0 fully saturated rings. The van der Waals surface area contributed by atoms with Crippen LogP contribution in [0.15, 0.2) is 71.9 Å². The molecular weight excluding hydrogens is 422 g/mol. The van der Waals surface area contributed by atoms with E-state index >= 15 is 0 Å². The Morgan fingerprint density at radius 2 is 1.88 bits per heavy atom. The first kappa shape index (κ1) is 27.6. The molecule has 4 nitrogen and oxygen atoms in total. The summed E-state index contributed by atoms with van der Waals surface area (Å²) in [4.78, 5) is 24.2. The molecule has 0 spiro atoms. The zero-order valence-electron chi connectivity index (χ0n) is 22.0. The van der Waals surface area contributed by atoms with Gasteiger partial charge >= 0.3 is 5.97 Å². The summed E-state index contributed by atoms with van der Waals surface area (Å²) in [7, 11) is 0. The van der Waals surface area contributed by atoms with Gasteiger partial charge in [0.2, 0.25) is 5.91 Å². The summed E-state index contributed by atoms with van der Waals surface area (Å²) in [5, 5.41) is 2.90. The van der Waals surface area contributed by atoms with Crippen LogP contribution in [0, 0.1) is 23.2 Å². The van der Waals surface area contributed by atoms with Gasteiger partial charge < -0.3 is 10.1 Å². The normalized spacial score (nSPS) is 31.9. The fraction of sp³-hybridized carbons (Fsp3) is 0.533. The average molecular weight is 466 g/mol. The standard InChI is InChI=1S/C30H43NO3/c1-21-11-10-13-28(33)34-29(25(5)31-26(6)32)24(4)19-22(2)14-15-23(3)20-27-12-8-9-17-30(27,7)18-16-21/h8,10-16,18,20,22,24-25,27,29H,9,17,19H2,1-7H3,(H,31,32). The fourth-order valence-electron chi connectivity index (χ4n) is 4.86. The lowest BCUT2D eigenvalue weighted by Gasteiger charge is -2.35. The predicted molar refractivity (Wildman–Crippen MR) is 141 cm³/mol. The molecule has 0 aromatic heterocycles. The molecule has 34 heavy (non-hydrogen) atoms. The Morgan fingerprint density at radius 3 is 2.59 bits per heavy atom. The summed E-state index contributed by atoms with van der Waals surface area (Å²) < 4.78 is 5.83. The molecule has 0 saturated carbocycles. The molecular formula is C30H43NO3. The van der Waals surface area contributed by atoms with Crippen LogP contribution in [0.5, 0.6) is 0 Å². The summed E-state index contributed by atoms with van der Waals surface area (Å²) in [6.45, 7) is 14.2. The van der Waals surface area contributed by atoms with Crippen molar-refractivity contribution < 1.29 is 14.3 Å². The minimum absolute atomic E-state index is 0.0558. The van der Waals surface area contributed by atoms with Crippen molar-refractivity contribution in [2.45, 2.75) is 79.9 Å². The monoisotopic (exact) mass is 465 g/mol. The van der Waals surface area contributed by atoms with Gasteiger partial charge in [-0.1, -0.05) is 86.6 Å². The van der Waals surface area contributed by atoms with Crippen molar-refractivity contribution in [2.24, 2.45) is 23.2 Å². The number of nitrogens with one attached hydrogen (secondary N) is 1. The molecule has 1 aliphatic carbocycles. The van der Waals surface area contributed by atoms with Crippen LogP contribution in [0.3, 0.4) is 0 Å². The van der Waals surface area contributed by atoms with E-state index in [0.29, 0.717) is 11.8 Å². The summed E-state index contributed by atoms with van der Waals surface area (Å²) in [5.41, 5.74) is 2.38. The van der Waals surface area contributed by atoms with Crippen LogP contribution >= 0.6 is 0 Å². The lowest BCUT2D eigenvalue weighted by molar-refractivity contribution is -0.148. The molecule has 1 N–H and O–H groups in total. The van der Waals surface area contributed by atoms with E-state index in [1.54, 1.807) is 6.08 Å². The molecule has 0 saturated heterocycles. The van der Waals surface area contributed by atoms with E-state index in [-0.39, 0.29) is 23.3 Å². The van der Waals surface area contributed by atoms with Crippen LogP contribution in [0.4, 0.5) is 0 Å². The van der Waals surface area contributed by atoms with Crippen molar-refractivity contribution in [3.63, 3.8) is 0 Å². The fourth-order valence-corrected chi connectivity index (χ4v) is 4.86. The minimum Gasteiger partial charge on any atom is -0.457 e. The van der Waals surface area contributed by atoms with Crippen molar-refractivity contribution in [2.75, 3.05) is 0 Å². The van der Waals surface area contributed by atoms with Gasteiger partial charge in [0, 0.05) is 18.9 Å². The number of fused-ring (bicyclic) bond motifs is 1. The predicted octanol–water partition coefficient (Wildman–Crippen LogP) is 6.63. The molecule has 0 aromatic carbocycles. The molecule has 0 radical (unpaired) electrons. The lowest BCUT2D eigenvalue weighted by Crippen LogP contribution is -2.45. The number of hydrogen-bond donors (Lipinski definition) is 1. The molecule has 0 aromatic rings. The highest BCUT2D eigenvalue weighted by Crippen LogP contribution is 2.40. The third-order valence-electron chi connectivity index (χ3n) is 6.88. The number of carbonyl (C=O) groups is 2. The van der Waals surface area contributed by atoms with Gasteiger partial charge in [0.15, 0.2) is 0 Å². The number of amides is 1. The topological polar surface area (TPSA) is 55.4 Å². The number of ether oxygens (including phenoxy) is 1. The number of allylic oxidation sites excluding steroid dienone is 11. The number of hydrogen-bond acceptors (Lipinski definition) is 3. The van der Waals surface area contributed by atoms with Crippen molar-refractivity contribution in [3.8, 4) is 0 Å². The van der Waals surface area contributed by atoms with Crippen LogP contribution in [0.2, 0.25) is 0 Å². The van der Waals surface area contributed by atoms with Gasteiger partial charge in [-0.05, 0) is 57.3 Å². The van der Waals surface area contributed by atoms with Gasteiger partial charge in [-0.25, -0.2) is 4.79 Å². The largest absolute Gasteiger partial charge is 0.457 e. The summed E-state index contributed by atoms with van der Waals surface area (Å²) in [6.07, 6.45) is 23.7. The molecule has 0 bridgehead atoms. The Kier molecular flexibility index (Phi) is 10.3. The second-order valence-corrected chi connectivity index (χ2v) is 10.5. The first-order valence-electron chi connectivity index (χ1n) is 12.6. The average Bonchev–Trinajstić information content (AvgIpc) is 2.75. The maximum absolute atomic E-state index is 12.6. The Morgan fingerprint density at radius 1 is 1.15 bits per heavy atom. The van der Waals surface area contributed by atoms with Gasteiger partial charge in [0.1, 0.15) is 6.10 Å². The van der Waals surface area contributed by atoms with E-state index in [9.17, 15) is 9.59 Å². The second-order valence-electron chi connectivity index (χ2n) is 10.5. The smallest absolute Gasteiger partial charge is 0.331 e. The Hall–Kier alpha value is -2.62. The molecule has 186 valence electrons. The number of cyclic esters (lactones) is 1. The first-order valence-corrected chi connectivity index (χ1v) is 12.6. The minimum atomic E-state index is -0.412. The van der Waals surface area contributed by atoms with E-state index in [0.717, 1.165) is 24.8 Å². The summed E-state index contributed by atoms with van der Waals surface area (Å²) >= 11 is 0. The molecule has 6 atom stereocenters. The van der Waals surface area contributed by atoms with Crippen molar-refractivity contribution in [1.29, 1.82) is 0 Å². The molecule has 1 aliphatic heterocycles. The van der Waals surface area contributed by atoms with Crippen LogP contribution in [-0.2, 0) is 14.3 Å². The lowest BCUT2D eigenvalue weighted by atomic mass is 9.69. The summed E-state index contributed by atoms with van der Waals surface area (Å²) in [5.74, 6) is 0.198. The zero-order chi connectivity index (χ0) is 25.3.